The van der Waals surface area contributed by atoms with Crippen molar-refractivity contribution in [3.63, 3.8) is 0 Å². The van der Waals surface area contributed by atoms with Crippen LogP contribution < -0.4 is 5.73 Å². The molecule has 11 heavy (non-hydrogen) atoms. The van der Waals surface area contributed by atoms with Crippen LogP contribution in [0.3, 0.4) is 0 Å². The highest BCUT2D eigenvalue weighted by atomic mass is 15.3. The number of nitrogens with zero attached hydrogens (tertiary/aromatic N) is 2. The third kappa shape index (κ3) is 1.00. The smallest absolute Gasteiger partial charge is 0.148 e. The standard InChI is InChI=1S/C8H13N3/c1-11-5-7(8(9)10-11)6-3-2-4-6/h5-6H,2-4H2,1H3,(H2,9,10). The van der Waals surface area contributed by atoms with Crippen LogP contribution in [0, 0.1) is 0 Å². The van der Waals surface area contributed by atoms with Gasteiger partial charge in [0.2, 0.25) is 0 Å². The van der Waals surface area contributed by atoms with Crippen LogP contribution in [0.15, 0.2) is 6.20 Å². The first-order chi connectivity index (χ1) is 5.27. The summed E-state index contributed by atoms with van der Waals surface area (Å²) in [5.41, 5.74) is 6.97. The molecule has 2 rings (SSSR count). The number of nitrogen functional groups attached to an aromatic ring is 1. The van der Waals surface area contributed by atoms with Crippen molar-refractivity contribution in [2.24, 2.45) is 7.05 Å². The fourth-order valence-corrected chi connectivity index (χ4v) is 1.56. The van der Waals surface area contributed by atoms with Crippen molar-refractivity contribution in [2.75, 3.05) is 5.73 Å². The Bertz CT molecular complexity index is 260. The summed E-state index contributed by atoms with van der Waals surface area (Å²) in [5.74, 6) is 1.42. The molecule has 1 aromatic rings. The van der Waals surface area contributed by atoms with E-state index in [2.05, 4.69) is 5.10 Å². The Morgan fingerprint density at radius 3 is 2.73 bits per heavy atom. The number of anilines is 1. The lowest BCUT2D eigenvalue weighted by molar-refractivity contribution is 0.420. The van der Waals surface area contributed by atoms with E-state index in [1.165, 1.54) is 24.8 Å². The monoisotopic (exact) mass is 151 g/mol. The first-order valence-corrected chi connectivity index (χ1v) is 4.06. The van der Waals surface area contributed by atoms with Gasteiger partial charge in [0.1, 0.15) is 5.82 Å². The van der Waals surface area contributed by atoms with Gasteiger partial charge in [0.15, 0.2) is 0 Å². The maximum absolute atomic E-state index is 5.72. The lowest BCUT2D eigenvalue weighted by atomic mass is 9.81. The average Bonchev–Trinajstić information content (AvgIpc) is 2.07. The molecule has 0 saturated heterocycles. The maximum atomic E-state index is 5.72. The topological polar surface area (TPSA) is 43.8 Å². The first kappa shape index (κ1) is 6.70. The number of nitrogens with two attached hydrogens (primary N) is 1. The third-order valence-electron chi connectivity index (χ3n) is 2.43. The summed E-state index contributed by atoms with van der Waals surface area (Å²) in [5, 5.41) is 4.11. The molecule has 1 aromatic heterocycles. The summed E-state index contributed by atoms with van der Waals surface area (Å²) in [6.45, 7) is 0. The minimum absolute atomic E-state index is 0.698. The largest absolute Gasteiger partial charge is 0.382 e. The van der Waals surface area contributed by atoms with Crippen LogP contribution in [-0.4, -0.2) is 9.78 Å². The predicted molar refractivity (Wildman–Crippen MR) is 44.2 cm³/mol. The average molecular weight is 151 g/mol. The molecule has 1 heterocycles. The second-order valence-electron chi connectivity index (χ2n) is 3.27. The van der Waals surface area contributed by atoms with Crippen LogP contribution in [0.25, 0.3) is 0 Å². The van der Waals surface area contributed by atoms with Crippen LogP contribution in [0.5, 0.6) is 0 Å². The molecule has 0 aromatic carbocycles. The Morgan fingerprint density at radius 1 is 1.64 bits per heavy atom. The maximum Gasteiger partial charge on any atom is 0.148 e. The summed E-state index contributed by atoms with van der Waals surface area (Å²) < 4.78 is 1.79. The fourth-order valence-electron chi connectivity index (χ4n) is 1.56. The van der Waals surface area contributed by atoms with Gasteiger partial charge in [0, 0.05) is 18.8 Å². The molecular weight excluding hydrogens is 138 g/mol. The molecule has 60 valence electrons. The summed E-state index contributed by atoms with van der Waals surface area (Å²) in [6.07, 6.45) is 5.96. The molecule has 0 amide bonds. The number of rotatable bonds is 1. The van der Waals surface area contributed by atoms with Gasteiger partial charge in [-0.3, -0.25) is 4.68 Å². The Morgan fingerprint density at radius 2 is 2.36 bits per heavy atom. The zero-order chi connectivity index (χ0) is 7.84. The summed E-state index contributed by atoms with van der Waals surface area (Å²) in [4.78, 5) is 0. The van der Waals surface area contributed by atoms with E-state index in [-0.39, 0.29) is 0 Å². The van der Waals surface area contributed by atoms with E-state index in [9.17, 15) is 0 Å². The highest BCUT2D eigenvalue weighted by molar-refractivity contribution is 5.40. The van der Waals surface area contributed by atoms with Crippen molar-refractivity contribution in [3.05, 3.63) is 11.8 Å². The zero-order valence-electron chi connectivity index (χ0n) is 6.75. The van der Waals surface area contributed by atoms with Gasteiger partial charge in [0.05, 0.1) is 0 Å². The van der Waals surface area contributed by atoms with Crippen LogP contribution in [0.2, 0.25) is 0 Å². The van der Waals surface area contributed by atoms with Crippen LogP contribution in [-0.2, 0) is 7.05 Å². The Hall–Kier alpha value is -0.990. The van der Waals surface area contributed by atoms with Crippen molar-refractivity contribution in [2.45, 2.75) is 25.2 Å². The normalized spacial score (nSPS) is 18.3. The molecule has 3 nitrogen and oxygen atoms in total. The van der Waals surface area contributed by atoms with E-state index in [0.29, 0.717) is 5.92 Å². The molecule has 1 fully saturated rings. The van der Waals surface area contributed by atoms with Gasteiger partial charge < -0.3 is 5.73 Å². The summed E-state index contributed by atoms with van der Waals surface area (Å²) in [7, 11) is 1.92. The van der Waals surface area contributed by atoms with E-state index >= 15 is 0 Å². The van der Waals surface area contributed by atoms with E-state index in [4.69, 9.17) is 5.73 Å². The van der Waals surface area contributed by atoms with Crippen molar-refractivity contribution in [3.8, 4) is 0 Å². The highest BCUT2D eigenvalue weighted by Crippen LogP contribution is 2.38. The minimum atomic E-state index is 0.698. The molecule has 0 radical (unpaired) electrons. The number of hydrogen-bond donors (Lipinski definition) is 1. The predicted octanol–water partition coefficient (Wildman–Crippen LogP) is 1.27. The highest BCUT2D eigenvalue weighted by Gasteiger charge is 2.23. The molecule has 1 aliphatic carbocycles. The molecule has 2 N–H and O–H groups in total. The SMILES string of the molecule is Cn1cc(C2CCC2)c(N)n1. The second-order valence-corrected chi connectivity index (χ2v) is 3.27. The van der Waals surface area contributed by atoms with Gasteiger partial charge in [-0.15, -0.1) is 0 Å². The van der Waals surface area contributed by atoms with Gasteiger partial charge in [-0.25, -0.2) is 0 Å². The Kier molecular flexibility index (Phi) is 1.37. The molecule has 0 aliphatic heterocycles. The Labute approximate surface area is 66.2 Å². The second kappa shape index (κ2) is 2.26. The van der Waals surface area contributed by atoms with Gasteiger partial charge >= 0.3 is 0 Å². The Balaban J connectivity index is 2.28. The first-order valence-electron chi connectivity index (χ1n) is 4.06. The van der Waals surface area contributed by atoms with Crippen LogP contribution >= 0.6 is 0 Å². The molecular formula is C8H13N3. The molecule has 0 bridgehead atoms. The van der Waals surface area contributed by atoms with Gasteiger partial charge in [-0.1, -0.05) is 6.42 Å². The van der Waals surface area contributed by atoms with Crippen molar-refractivity contribution in [1.29, 1.82) is 0 Å². The van der Waals surface area contributed by atoms with E-state index in [1.54, 1.807) is 4.68 Å². The quantitative estimate of drug-likeness (QED) is 0.656. The van der Waals surface area contributed by atoms with Crippen LogP contribution in [0.1, 0.15) is 30.7 Å². The van der Waals surface area contributed by atoms with E-state index in [1.807, 2.05) is 13.2 Å². The molecule has 0 spiro atoms. The van der Waals surface area contributed by atoms with E-state index < -0.39 is 0 Å². The summed E-state index contributed by atoms with van der Waals surface area (Å²) in [6, 6.07) is 0. The fraction of sp³-hybridized carbons (Fsp3) is 0.625. The molecule has 0 unspecified atom stereocenters. The van der Waals surface area contributed by atoms with Gasteiger partial charge in [0.25, 0.3) is 0 Å². The molecule has 3 heteroatoms. The van der Waals surface area contributed by atoms with Crippen molar-refractivity contribution < 1.29 is 0 Å². The number of aryl methyl sites for hydroxylation is 1. The van der Waals surface area contributed by atoms with Crippen LogP contribution in [0.4, 0.5) is 5.82 Å². The number of aromatic nitrogens is 2. The minimum Gasteiger partial charge on any atom is -0.382 e. The van der Waals surface area contributed by atoms with E-state index in [0.717, 1.165) is 5.82 Å². The van der Waals surface area contributed by atoms with Crippen molar-refractivity contribution >= 4 is 5.82 Å². The third-order valence-corrected chi connectivity index (χ3v) is 2.43. The van der Waals surface area contributed by atoms with Gasteiger partial charge in [-0.2, -0.15) is 5.10 Å². The molecule has 1 aliphatic rings. The summed E-state index contributed by atoms with van der Waals surface area (Å²) >= 11 is 0. The van der Waals surface area contributed by atoms with Crippen molar-refractivity contribution in [1.82, 2.24) is 9.78 Å². The number of hydrogen-bond acceptors (Lipinski definition) is 2. The molecule has 0 atom stereocenters. The lowest BCUT2D eigenvalue weighted by Gasteiger charge is -2.24. The van der Waals surface area contributed by atoms with Gasteiger partial charge in [-0.05, 0) is 18.8 Å². The molecule has 1 saturated carbocycles. The lowest BCUT2D eigenvalue weighted by Crippen LogP contribution is -2.09. The zero-order valence-corrected chi connectivity index (χ0v) is 6.75.